The Labute approximate surface area is 152 Å². The monoisotopic (exact) mass is 353 g/mol. The van der Waals surface area contributed by atoms with Gasteiger partial charge in [0.1, 0.15) is 6.04 Å². The second-order valence-electron chi connectivity index (χ2n) is 6.93. The molecule has 2 aromatic rings. The van der Waals surface area contributed by atoms with Crippen LogP contribution in [-0.2, 0) is 9.59 Å². The molecule has 0 aliphatic carbocycles. The number of carboxylic acids is 2. The summed E-state index contributed by atoms with van der Waals surface area (Å²) in [6.07, 6.45) is -0.142. The molecule has 5 nitrogen and oxygen atoms in total. The summed E-state index contributed by atoms with van der Waals surface area (Å²) in [6, 6.07) is 17.4. The van der Waals surface area contributed by atoms with E-state index in [2.05, 4.69) is 30.4 Å². The van der Waals surface area contributed by atoms with Gasteiger partial charge < -0.3 is 15.5 Å². The molecule has 1 aliphatic heterocycles. The van der Waals surface area contributed by atoms with Crippen LogP contribution in [-0.4, -0.2) is 34.7 Å². The smallest absolute Gasteiger partial charge is 0.321 e. The average Bonchev–Trinajstić information content (AvgIpc) is 3.05. The summed E-state index contributed by atoms with van der Waals surface area (Å²) in [7, 11) is 0. The third-order valence-electron chi connectivity index (χ3n) is 5.39. The molecule has 1 heterocycles. The van der Waals surface area contributed by atoms with E-state index in [1.165, 1.54) is 0 Å². The average molecular weight is 353 g/mol. The van der Waals surface area contributed by atoms with Crippen LogP contribution in [0.1, 0.15) is 24.8 Å². The number of hydrogen-bond acceptors (Lipinski definition) is 3. The molecular weight excluding hydrogens is 330 g/mol. The van der Waals surface area contributed by atoms with Gasteiger partial charge in [0.25, 0.3) is 0 Å². The van der Waals surface area contributed by atoms with E-state index in [9.17, 15) is 19.8 Å². The summed E-state index contributed by atoms with van der Waals surface area (Å²) in [4.78, 5) is 22.7. The van der Waals surface area contributed by atoms with Crippen LogP contribution in [0.5, 0.6) is 0 Å². The number of benzene rings is 2. The van der Waals surface area contributed by atoms with Crippen molar-refractivity contribution in [3.05, 3.63) is 60.2 Å². The van der Waals surface area contributed by atoms with Crippen LogP contribution in [0.25, 0.3) is 11.1 Å². The number of rotatable bonds is 6. The fraction of sp³-hybridized carbons (Fsp3) is 0.333. The quantitative estimate of drug-likeness (QED) is 0.742. The van der Waals surface area contributed by atoms with Crippen LogP contribution >= 0.6 is 0 Å². The highest BCUT2D eigenvalue weighted by Crippen LogP contribution is 2.38. The van der Waals surface area contributed by atoms with Crippen LogP contribution in [0.15, 0.2) is 54.6 Å². The lowest BCUT2D eigenvalue weighted by molar-refractivity contribution is -0.142. The van der Waals surface area contributed by atoms with E-state index >= 15 is 0 Å². The van der Waals surface area contributed by atoms with E-state index in [1.54, 1.807) is 0 Å². The lowest BCUT2D eigenvalue weighted by Crippen LogP contribution is -2.37. The Morgan fingerprint density at radius 1 is 1.08 bits per heavy atom. The van der Waals surface area contributed by atoms with Crippen molar-refractivity contribution >= 4 is 11.9 Å². The molecule has 0 aromatic heterocycles. The van der Waals surface area contributed by atoms with Gasteiger partial charge in [-0.3, -0.25) is 9.59 Å². The third kappa shape index (κ3) is 3.78. The summed E-state index contributed by atoms with van der Waals surface area (Å²) in [5.41, 5.74) is 3.32. The van der Waals surface area contributed by atoms with Crippen LogP contribution in [0.4, 0.5) is 0 Å². The van der Waals surface area contributed by atoms with Gasteiger partial charge >= 0.3 is 11.9 Å². The predicted molar refractivity (Wildman–Crippen MR) is 99.0 cm³/mol. The van der Waals surface area contributed by atoms with Gasteiger partial charge in [0.2, 0.25) is 0 Å². The van der Waals surface area contributed by atoms with Gasteiger partial charge in [-0.25, -0.2) is 0 Å². The Kier molecular flexibility index (Phi) is 5.38. The van der Waals surface area contributed by atoms with Gasteiger partial charge in [0.15, 0.2) is 0 Å². The Morgan fingerprint density at radius 3 is 2.42 bits per heavy atom. The standard InChI is InChI=1S/C21H23NO4/c1-13(18-12-22-20(21(25)26)17(18)11-19(23)24)15-8-5-9-16(10-15)14-6-3-2-4-7-14/h2-10,13,17-18,20,22H,11-12H2,1H3,(H,23,24)(H,25,26)/t13?,17-,18-,20-/m1/s1. The fourth-order valence-electron chi connectivity index (χ4n) is 3.98. The van der Waals surface area contributed by atoms with Crippen molar-refractivity contribution in [1.82, 2.24) is 5.32 Å². The van der Waals surface area contributed by atoms with Gasteiger partial charge in [-0.05, 0) is 41.0 Å². The molecule has 3 rings (SSSR count). The zero-order chi connectivity index (χ0) is 18.7. The van der Waals surface area contributed by atoms with Gasteiger partial charge in [0, 0.05) is 0 Å². The van der Waals surface area contributed by atoms with E-state index in [0.717, 1.165) is 16.7 Å². The summed E-state index contributed by atoms with van der Waals surface area (Å²) >= 11 is 0. The summed E-state index contributed by atoms with van der Waals surface area (Å²) in [5.74, 6) is -2.36. The number of nitrogens with one attached hydrogen (secondary N) is 1. The molecule has 4 atom stereocenters. The molecule has 0 bridgehead atoms. The maximum Gasteiger partial charge on any atom is 0.321 e. The lowest BCUT2D eigenvalue weighted by atomic mass is 9.77. The third-order valence-corrected chi connectivity index (χ3v) is 5.39. The van der Waals surface area contributed by atoms with Crippen molar-refractivity contribution < 1.29 is 19.8 Å². The van der Waals surface area contributed by atoms with E-state index < -0.39 is 23.9 Å². The van der Waals surface area contributed by atoms with Crippen molar-refractivity contribution in [2.24, 2.45) is 11.8 Å². The fourth-order valence-corrected chi connectivity index (χ4v) is 3.98. The molecule has 136 valence electrons. The normalized spacial score (nSPS) is 23.5. The summed E-state index contributed by atoms with van der Waals surface area (Å²) in [6.45, 7) is 2.56. The lowest BCUT2D eigenvalue weighted by Gasteiger charge is -2.26. The first-order valence-corrected chi connectivity index (χ1v) is 8.80. The SMILES string of the molecule is CC(c1cccc(-c2ccccc2)c1)[C@H]1CN[C@@H](C(=O)O)[C@@H]1CC(=O)O. The van der Waals surface area contributed by atoms with Crippen molar-refractivity contribution in [3.8, 4) is 11.1 Å². The van der Waals surface area contributed by atoms with Gasteiger partial charge in [-0.1, -0.05) is 61.5 Å². The van der Waals surface area contributed by atoms with Crippen LogP contribution < -0.4 is 5.32 Å². The Bertz CT molecular complexity index is 790. The molecule has 1 fully saturated rings. The van der Waals surface area contributed by atoms with Crippen LogP contribution in [0, 0.1) is 11.8 Å². The van der Waals surface area contributed by atoms with E-state index in [4.69, 9.17) is 0 Å². The molecule has 0 radical (unpaired) electrons. The van der Waals surface area contributed by atoms with Gasteiger partial charge in [-0.2, -0.15) is 0 Å². The minimum absolute atomic E-state index is 0.0433. The Hall–Kier alpha value is -2.66. The number of aliphatic carboxylic acids is 2. The number of carboxylic acid groups (broad SMARTS) is 2. The number of hydrogen-bond donors (Lipinski definition) is 3. The number of carbonyl (C=O) groups is 2. The zero-order valence-corrected chi connectivity index (χ0v) is 14.6. The molecule has 0 saturated carbocycles. The predicted octanol–water partition coefficient (Wildman–Crippen LogP) is 3.22. The molecular formula is C21H23NO4. The molecule has 0 amide bonds. The Morgan fingerprint density at radius 2 is 1.77 bits per heavy atom. The molecule has 5 heteroatoms. The van der Waals surface area contributed by atoms with Crippen molar-refractivity contribution in [1.29, 1.82) is 0 Å². The van der Waals surface area contributed by atoms with E-state index in [0.29, 0.717) is 6.54 Å². The first-order valence-electron chi connectivity index (χ1n) is 8.80. The van der Waals surface area contributed by atoms with Gasteiger partial charge in [-0.15, -0.1) is 0 Å². The highest BCUT2D eigenvalue weighted by atomic mass is 16.4. The molecule has 2 aromatic carbocycles. The zero-order valence-electron chi connectivity index (χ0n) is 14.6. The highest BCUT2D eigenvalue weighted by molar-refractivity contribution is 5.76. The summed E-state index contributed by atoms with van der Waals surface area (Å²) < 4.78 is 0. The molecule has 1 saturated heterocycles. The largest absolute Gasteiger partial charge is 0.481 e. The maximum atomic E-state index is 11.5. The van der Waals surface area contributed by atoms with Crippen LogP contribution in [0.2, 0.25) is 0 Å². The second-order valence-corrected chi connectivity index (χ2v) is 6.93. The van der Waals surface area contributed by atoms with Crippen LogP contribution in [0.3, 0.4) is 0 Å². The van der Waals surface area contributed by atoms with Crippen molar-refractivity contribution in [2.45, 2.75) is 25.3 Å². The molecule has 1 unspecified atom stereocenters. The topological polar surface area (TPSA) is 86.6 Å². The highest BCUT2D eigenvalue weighted by Gasteiger charge is 2.43. The van der Waals surface area contributed by atoms with Gasteiger partial charge in [0.05, 0.1) is 6.42 Å². The molecule has 26 heavy (non-hydrogen) atoms. The first kappa shape index (κ1) is 18.1. The minimum atomic E-state index is -0.982. The molecule has 3 N–H and O–H groups in total. The molecule has 1 aliphatic rings. The minimum Gasteiger partial charge on any atom is -0.481 e. The van der Waals surface area contributed by atoms with E-state index in [-0.39, 0.29) is 18.3 Å². The Balaban J connectivity index is 1.87. The summed E-state index contributed by atoms with van der Waals surface area (Å²) in [5, 5.41) is 21.6. The first-order chi connectivity index (χ1) is 12.5. The molecule has 0 spiro atoms. The maximum absolute atomic E-state index is 11.5. The van der Waals surface area contributed by atoms with Crippen molar-refractivity contribution in [3.63, 3.8) is 0 Å². The van der Waals surface area contributed by atoms with E-state index in [1.807, 2.05) is 36.4 Å². The second kappa shape index (κ2) is 7.70. The van der Waals surface area contributed by atoms with Crippen molar-refractivity contribution in [2.75, 3.05) is 6.54 Å².